The van der Waals surface area contributed by atoms with Crippen molar-refractivity contribution in [1.29, 1.82) is 0 Å². The van der Waals surface area contributed by atoms with Gasteiger partial charge < -0.3 is 28.4 Å². The Bertz CT molecular complexity index is 1570. The molecule has 0 spiro atoms. The largest absolute Gasteiger partial charge is 0.494 e. The van der Waals surface area contributed by atoms with E-state index in [0.717, 1.165) is 54.2 Å². The Morgan fingerprint density at radius 2 is 1.22 bits per heavy atom. The normalized spacial score (nSPS) is 10.4. The molecule has 0 saturated heterocycles. The monoisotopic (exact) mass is 686 g/mol. The van der Waals surface area contributed by atoms with Crippen LogP contribution in [0.25, 0.3) is 11.1 Å². The summed E-state index contributed by atoms with van der Waals surface area (Å²) in [7, 11) is 1.26. The van der Waals surface area contributed by atoms with Crippen LogP contribution in [0.5, 0.6) is 17.2 Å². The summed E-state index contributed by atoms with van der Waals surface area (Å²) in [5.74, 6) is -0.124. The van der Waals surface area contributed by atoms with E-state index in [9.17, 15) is 19.2 Å². The number of rotatable bonds is 22. The van der Waals surface area contributed by atoms with Crippen LogP contribution < -0.4 is 14.2 Å². The molecule has 10 heteroatoms. The second kappa shape index (κ2) is 21.6. The van der Waals surface area contributed by atoms with Crippen molar-refractivity contribution in [3.63, 3.8) is 0 Å². The third kappa shape index (κ3) is 13.6. The van der Waals surface area contributed by atoms with E-state index >= 15 is 0 Å². The van der Waals surface area contributed by atoms with E-state index in [1.807, 2.05) is 43.3 Å². The van der Waals surface area contributed by atoms with Gasteiger partial charge in [0.25, 0.3) is 0 Å². The molecule has 0 aliphatic heterocycles. The highest BCUT2D eigenvalue weighted by atomic mass is 16.5. The molecule has 0 unspecified atom stereocenters. The van der Waals surface area contributed by atoms with Gasteiger partial charge in [0.05, 0.1) is 45.5 Å². The molecule has 0 aliphatic carbocycles. The number of aryl methyl sites for hydroxylation is 1. The van der Waals surface area contributed by atoms with Gasteiger partial charge in [0.15, 0.2) is 0 Å². The maximum Gasteiger partial charge on any atom is 0.343 e. The Kier molecular flexibility index (Phi) is 16.8. The molecular weight excluding hydrogens is 640 g/mol. The first-order valence-corrected chi connectivity index (χ1v) is 16.8. The van der Waals surface area contributed by atoms with Gasteiger partial charge in [-0.25, -0.2) is 14.4 Å². The van der Waals surface area contributed by atoms with Crippen LogP contribution >= 0.6 is 0 Å². The Labute approximate surface area is 294 Å². The van der Waals surface area contributed by atoms with E-state index in [2.05, 4.69) is 17.9 Å². The number of carbonyl (C=O) groups excluding carboxylic acids is 4. The van der Waals surface area contributed by atoms with Crippen molar-refractivity contribution in [2.24, 2.45) is 0 Å². The van der Waals surface area contributed by atoms with Crippen molar-refractivity contribution in [1.82, 2.24) is 0 Å². The number of unbranched alkanes of at least 4 members (excludes halogenated alkanes) is 4. The fourth-order valence-corrected chi connectivity index (χ4v) is 4.73. The Morgan fingerprint density at radius 3 is 1.84 bits per heavy atom. The highest BCUT2D eigenvalue weighted by Gasteiger charge is 2.15. The van der Waals surface area contributed by atoms with Gasteiger partial charge in [0.1, 0.15) is 17.2 Å². The number of esters is 4. The number of methoxy groups -OCH3 is 1. The van der Waals surface area contributed by atoms with Crippen LogP contribution in [0.1, 0.15) is 67.8 Å². The summed E-state index contributed by atoms with van der Waals surface area (Å²) < 4.78 is 31.9. The van der Waals surface area contributed by atoms with Gasteiger partial charge in [-0.1, -0.05) is 44.3 Å². The molecule has 0 radical (unpaired) electrons. The third-order valence-electron chi connectivity index (χ3n) is 7.56. The molecule has 266 valence electrons. The molecule has 3 rings (SSSR count). The molecule has 0 bridgehead atoms. The first kappa shape index (κ1) is 39.1. The summed E-state index contributed by atoms with van der Waals surface area (Å²) in [5.41, 5.74) is 3.47. The summed E-state index contributed by atoms with van der Waals surface area (Å²) >= 11 is 0. The fraction of sp³-hybridized carbons (Fsp3) is 0.350. The fourth-order valence-electron chi connectivity index (χ4n) is 4.73. The average molecular weight is 687 g/mol. The van der Waals surface area contributed by atoms with Crippen molar-refractivity contribution >= 4 is 23.9 Å². The first-order chi connectivity index (χ1) is 24.2. The van der Waals surface area contributed by atoms with E-state index in [1.54, 1.807) is 30.3 Å². The first-order valence-electron chi connectivity index (χ1n) is 16.8. The third-order valence-corrected chi connectivity index (χ3v) is 7.56. The topological polar surface area (TPSA) is 124 Å². The predicted octanol–water partition coefficient (Wildman–Crippen LogP) is 7.63. The second-order valence-corrected chi connectivity index (χ2v) is 11.3. The summed E-state index contributed by atoms with van der Waals surface area (Å²) in [6, 6.07) is 20.4. The van der Waals surface area contributed by atoms with Crippen LogP contribution in [-0.2, 0) is 35.0 Å². The molecule has 10 nitrogen and oxygen atoms in total. The lowest BCUT2D eigenvalue weighted by Gasteiger charge is -2.12. The molecule has 0 atom stereocenters. The molecule has 0 aliphatic rings. The zero-order chi connectivity index (χ0) is 36.1. The summed E-state index contributed by atoms with van der Waals surface area (Å²) in [5, 5.41) is 0. The highest BCUT2D eigenvalue weighted by molar-refractivity contribution is 5.94. The number of benzene rings is 3. The molecule has 0 aromatic heterocycles. The molecule has 0 saturated carbocycles. The van der Waals surface area contributed by atoms with Crippen molar-refractivity contribution in [2.45, 2.75) is 58.3 Å². The van der Waals surface area contributed by atoms with Gasteiger partial charge in [0, 0.05) is 11.6 Å². The summed E-state index contributed by atoms with van der Waals surface area (Å²) in [6.45, 7) is 10.5. The van der Waals surface area contributed by atoms with E-state index in [-0.39, 0.29) is 18.6 Å². The van der Waals surface area contributed by atoms with Crippen LogP contribution in [0.4, 0.5) is 0 Å². The van der Waals surface area contributed by atoms with E-state index < -0.39 is 23.9 Å². The molecule has 0 fully saturated rings. The lowest BCUT2D eigenvalue weighted by atomic mass is 9.97. The molecule has 0 N–H and O–H groups in total. The number of hydrogen-bond acceptors (Lipinski definition) is 10. The van der Waals surface area contributed by atoms with E-state index in [0.29, 0.717) is 56.1 Å². The zero-order valence-electron chi connectivity index (χ0n) is 28.9. The molecule has 0 heterocycles. The maximum absolute atomic E-state index is 13.1. The van der Waals surface area contributed by atoms with Gasteiger partial charge in [-0.2, -0.15) is 0 Å². The minimum Gasteiger partial charge on any atom is -0.494 e. The van der Waals surface area contributed by atoms with Crippen LogP contribution in [0.2, 0.25) is 0 Å². The van der Waals surface area contributed by atoms with E-state index in [4.69, 9.17) is 23.7 Å². The summed E-state index contributed by atoms with van der Waals surface area (Å²) in [6.07, 6.45) is 6.40. The van der Waals surface area contributed by atoms with Crippen molar-refractivity contribution < 1.29 is 47.6 Å². The lowest BCUT2D eigenvalue weighted by Crippen LogP contribution is -2.12. The van der Waals surface area contributed by atoms with Gasteiger partial charge in [-0.05, 0) is 104 Å². The Morgan fingerprint density at radius 1 is 0.680 bits per heavy atom. The van der Waals surface area contributed by atoms with Crippen LogP contribution in [0, 0.1) is 0 Å². The predicted molar refractivity (Wildman–Crippen MR) is 189 cm³/mol. The van der Waals surface area contributed by atoms with Gasteiger partial charge in [-0.15, -0.1) is 0 Å². The molecule has 0 amide bonds. The number of carbonyl (C=O) groups is 4. The maximum atomic E-state index is 13.1. The average Bonchev–Trinajstić information content (AvgIpc) is 3.14. The molecule has 3 aromatic rings. The SMILES string of the molecule is C=CC(=O)OCCCCOc1ccc(OC(=O)c2ccc(-c3ccc(OCCCCCCOC(=O)C(=C)CC(=O)OC)cc3)cc2CC)cc1. The minimum atomic E-state index is -0.576. The van der Waals surface area contributed by atoms with E-state index in [1.165, 1.54) is 7.11 Å². The second-order valence-electron chi connectivity index (χ2n) is 11.3. The number of ether oxygens (including phenoxy) is 6. The Balaban J connectivity index is 1.38. The number of hydrogen-bond donors (Lipinski definition) is 0. The van der Waals surface area contributed by atoms with Gasteiger partial charge in [0.2, 0.25) is 0 Å². The quantitative estimate of drug-likeness (QED) is 0.0343. The lowest BCUT2D eigenvalue weighted by molar-refractivity contribution is -0.144. The van der Waals surface area contributed by atoms with Crippen molar-refractivity contribution in [3.05, 3.63) is 103 Å². The smallest absolute Gasteiger partial charge is 0.343 e. The zero-order valence-corrected chi connectivity index (χ0v) is 28.9. The molecule has 50 heavy (non-hydrogen) atoms. The Hall–Kier alpha value is -5.38. The minimum absolute atomic E-state index is 0.0848. The van der Waals surface area contributed by atoms with Crippen LogP contribution in [-0.4, -0.2) is 57.4 Å². The molecule has 3 aromatic carbocycles. The summed E-state index contributed by atoms with van der Waals surface area (Å²) in [4.78, 5) is 47.2. The van der Waals surface area contributed by atoms with Crippen LogP contribution in [0.15, 0.2) is 91.5 Å². The van der Waals surface area contributed by atoms with Gasteiger partial charge >= 0.3 is 23.9 Å². The van der Waals surface area contributed by atoms with Crippen molar-refractivity contribution in [2.75, 3.05) is 33.5 Å². The highest BCUT2D eigenvalue weighted by Crippen LogP contribution is 2.27. The standard InChI is InChI=1S/C40H46O10/c1-5-30-28-32(15-22-36(30)40(44)50-35-20-18-34(19-21-35)47-24-11-12-25-48-37(41)6-2)31-13-16-33(17-14-31)46-23-9-7-8-10-26-49-39(43)29(3)27-38(42)45-4/h6,13-22,28H,2-3,5,7-12,23-27H2,1,4H3. The molecular formula is C40H46O10. The van der Waals surface area contributed by atoms with Gasteiger partial charge in [-0.3, -0.25) is 4.79 Å². The van der Waals surface area contributed by atoms with Crippen LogP contribution in [0.3, 0.4) is 0 Å². The van der Waals surface area contributed by atoms with Crippen molar-refractivity contribution in [3.8, 4) is 28.4 Å².